The summed E-state index contributed by atoms with van der Waals surface area (Å²) < 4.78 is 0. The highest BCUT2D eigenvalue weighted by atomic mass is 15.1. The molecule has 0 bridgehead atoms. The molecule has 0 saturated carbocycles. The van der Waals surface area contributed by atoms with Crippen LogP contribution >= 0.6 is 0 Å². The number of pyridine rings is 3. The molecule has 0 aliphatic heterocycles. The fourth-order valence-corrected chi connectivity index (χ4v) is 3.09. The van der Waals surface area contributed by atoms with Gasteiger partial charge in [-0.2, -0.15) is 0 Å². The predicted molar refractivity (Wildman–Crippen MR) is 135 cm³/mol. The van der Waals surface area contributed by atoms with Crippen LogP contribution in [0.5, 0.6) is 0 Å². The van der Waals surface area contributed by atoms with E-state index in [1.807, 2.05) is 38.1 Å². The maximum Gasteiger partial charge on any atom is 0.132 e. The Kier molecular flexibility index (Phi) is 7.59. The van der Waals surface area contributed by atoms with Gasteiger partial charge in [0.25, 0.3) is 0 Å². The number of anilines is 2. The van der Waals surface area contributed by atoms with E-state index >= 15 is 0 Å². The molecule has 3 aromatic rings. The first-order valence-electron chi connectivity index (χ1n) is 10.5. The van der Waals surface area contributed by atoms with E-state index in [2.05, 4.69) is 30.9 Å². The van der Waals surface area contributed by atoms with Crippen LogP contribution in [0.25, 0.3) is 16.6 Å². The van der Waals surface area contributed by atoms with Crippen LogP contribution in [-0.4, -0.2) is 27.8 Å². The van der Waals surface area contributed by atoms with Gasteiger partial charge in [-0.05, 0) is 54.1 Å². The maximum absolute atomic E-state index is 8.54. The van der Waals surface area contributed by atoms with Crippen molar-refractivity contribution in [2.24, 2.45) is 17.4 Å². The third-order valence-electron chi connectivity index (χ3n) is 4.79. The van der Waals surface area contributed by atoms with E-state index in [0.717, 1.165) is 22.3 Å². The van der Waals surface area contributed by atoms with Crippen LogP contribution in [0.3, 0.4) is 0 Å². The average molecular weight is 444 g/mol. The minimum absolute atomic E-state index is 0.203. The summed E-state index contributed by atoms with van der Waals surface area (Å²) in [6, 6.07) is 9.22. The summed E-state index contributed by atoms with van der Waals surface area (Å²) in [6.07, 6.45) is 10.1. The molecule has 0 radical (unpaired) electrons. The second-order valence-electron chi connectivity index (χ2n) is 7.59. The number of nitrogens with zero attached hydrogens (tertiary/aromatic N) is 3. The number of hydrogen-bond donors (Lipinski definition) is 6. The zero-order valence-electron chi connectivity index (χ0n) is 18.9. The van der Waals surface area contributed by atoms with Crippen LogP contribution in [0, 0.1) is 11.3 Å². The molecule has 0 amide bonds. The van der Waals surface area contributed by atoms with Gasteiger partial charge in [-0.25, -0.2) is 4.98 Å². The van der Waals surface area contributed by atoms with Crippen molar-refractivity contribution in [1.29, 1.82) is 5.41 Å². The monoisotopic (exact) mass is 443 g/mol. The van der Waals surface area contributed by atoms with Crippen molar-refractivity contribution in [3.05, 3.63) is 84.4 Å². The Labute approximate surface area is 193 Å². The summed E-state index contributed by atoms with van der Waals surface area (Å²) in [5, 5.41) is 17.7. The van der Waals surface area contributed by atoms with Crippen molar-refractivity contribution in [2.45, 2.75) is 13.8 Å². The maximum atomic E-state index is 8.54. The van der Waals surface area contributed by atoms with E-state index in [-0.39, 0.29) is 11.8 Å². The number of amidine groups is 1. The lowest BCUT2D eigenvalue weighted by Gasteiger charge is -2.13. The summed E-state index contributed by atoms with van der Waals surface area (Å²) >= 11 is 0. The van der Waals surface area contributed by atoms with Crippen LogP contribution in [0.15, 0.2) is 78.8 Å². The summed E-state index contributed by atoms with van der Waals surface area (Å²) in [7, 11) is 1.78. The number of hydrogen-bond acceptors (Lipinski definition) is 8. The highest BCUT2D eigenvalue weighted by molar-refractivity contribution is 6.26. The molecule has 0 unspecified atom stereocenters. The lowest BCUT2D eigenvalue weighted by molar-refractivity contribution is 0.786. The smallest absolute Gasteiger partial charge is 0.132 e. The van der Waals surface area contributed by atoms with Gasteiger partial charge in [-0.15, -0.1) is 0 Å². The van der Waals surface area contributed by atoms with Gasteiger partial charge in [0.05, 0.1) is 22.9 Å². The number of allylic oxidation sites excluding steroid dienone is 2. The number of nitrogens with two attached hydrogens (primary N) is 2. The molecule has 33 heavy (non-hydrogen) atoms. The Bertz CT molecular complexity index is 1210. The first-order chi connectivity index (χ1) is 15.9. The molecule has 170 valence electrons. The minimum Gasteiger partial charge on any atom is -0.404 e. The van der Waals surface area contributed by atoms with Crippen molar-refractivity contribution in [1.82, 2.24) is 20.3 Å². The molecule has 0 fully saturated rings. The topological polar surface area (TPSA) is 151 Å². The zero-order chi connectivity index (χ0) is 23.8. The van der Waals surface area contributed by atoms with Crippen molar-refractivity contribution in [3.63, 3.8) is 0 Å². The summed E-state index contributed by atoms with van der Waals surface area (Å²) in [6.45, 7) is 4.09. The van der Waals surface area contributed by atoms with E-state index in [1.54, 1.807) is 50.2 Å². The zero-order valence-corrected chi connectivity index (χ0v) is 18.9. The van der Waals surface area contributed by atoms with Gasteiger partial charge in [0.1, 0.15) is 17.5 Å². The van der Waals surface area contributed by atoms with Gasteiger partial charge in [0.2, 0.25) is 0 Å². The molecule has 9 nitrogen and oxygen atoms in total. The van der Waals surface area contributed by atoms with E-state index < -0.39 is 0 Å². The standard InChI is InChI=1S/C24H29N9/c1-15(2)16(11-25)10-22(26)33-23-7-6-20-21(32-23)9-17(12-30-20)19(14-28-3)24(27)31-18-5-4-8-29-13-18/h4-15,28H,25-26H2,1-3H3,(H2,27,31)(H,32,33)/b16-11+,19-14-,22-10+. The van der Waals surface area contributed by atoms with Gasteiger partial charge >= 0.3 is 0 Å². The van der Waals surface area contributed by atoms with Crippen molar-refractivity contribution in [3.8, 4) is 0 Å². The summed E-state index contributed by atoms with van der Waals surface area (Å²) in [5.41, 5.74) is 16.2. The van der Waals surface area contributed by atoms with Gasteiger partial charge in [0, 0.05) is 36.8 Å². The van der Waals surface area contributed by atoms with E-state index in [9.17, 15) is 0 Å². The fraction of sp³-hybridized carbons (Fsp3) is 0.167. The molecular weight excluding hydrogens is 414 g/mol. The number of rotatable bonds is 8. The number of aromatic nitrogens is 3. The predicted octanol–water partition coefficient (Wildman–Crippen LogP) is 3.39. The van der Waals surface area contributed by atoms with Gasteiger partial charge in [-0.1, -0.05) is 13.8 Å². The summed E-state index contributed by atoms with van der Waals surface area (Å²) in [5.74, 6) is 1.47. The van der Waals surface area contributed by atoms with Gasteiger partial charge < -0.3 is 27.4 Å². The molecule has 8 N–H and O–H groups in total. The van der Waals surface area contributed by atoms with Crippen molar-refractivity contribution < 1.29 is 0 Å². The van der Waals surface area contributed by atoms with Gasteiger partial charge in [-0.3, -0.25) is 15.4 Å². The number of fused-ring (bicyclic) bond motifs is 1. The molecule has 0 aliphatic carbocycles. The molecule has 3 aromatic heterocycles. The molecule has 9 heteroatoms. The Morgan fingerprint density at radius 2 is 1.94 bits per heavy atom. The lowest BCUT2D eigenvalue weighted by atomic mass is 10.0. The Balaban J connectivity index is 1.89. The van der Waals surface area contributed by atoms with Crippen molar-refractivity contribution in [2.75, 3.05) is 17.7 Å². The highest BCUT2D eigenvalue weighted by Gasteiger charge is 2.12. The molecule has 3 rings (SSSR count). The minimum atomic E-state index is 0.203. The fourth-order valence-electron chi connectivity index (χ4n) is 3.09. The van der Waals surface area contributed by atoms with Crippen LogP contribution in [0.4, 0.5) is 11.5 Å². The van der Waals surface area contributed by atoms with E-state index in [1.165, 1.54) is 0 Å². The summed E-state index contributed by atoms with van der Waals surface area (Å²) in [4.78, 5) is 13.2. The molecule has 3 heterocycles. The number of nitrogens with one attached hydrogen (secondary N) is 4. The van der Waals surface area contributed by atoms with Crippen LogP contribution < -0.4 is 27.4 Å². The second-order valence-corrected chi connectivity index (χ2v) is 7.59. The largest absolute Gasteiger partial charge is 0.404 e. The molecule has 0 spiro atoms. The molecule has 0 aromatic carbocycles. The SMILES string of the molecule is CN/C=C(\C(=N)Nc1cccnc1)c1cnc2ccc(N/C(N)=C/C(=C\N)C(C)C)nc2c1. The normalized spacial score (nSPS) is 12.7. The molecule has 0 aliphatic rings. The first-order valence-corrected chi connectivity index (χ1v) is 10.5. The second kappa shape index (κ2) is 10.8. The average Bonchev–Trinajstić information content (AvgIpc) is 2.81. The Morgan fingerprint density at radius 1 is 1.12 bits per heavy atom. The van der Waals surface area contributed by atoms with Gasteiger partial charge in [0.15, 0.2) is 0 Å². The van der Waals surface area contributed by atoms with Crippen LogP contribution in [0.2, 0.25) is 0 Å². The quantitative estimate of drug-likeness (QED) is 0.176. The van der Waals surface area contributed by atoms with E-state index in [0.29, 0.717) is 22.7 Å². The van der Waals surface area contributed by atoms with Crippen molar-refractivity contribution >= 4 is 33.9 Å². The highest BCUT2D eigenvalue weighted by Crippen LogP contribution is 2.21. The molecule has 0 saturated heterocycles. The van der Waals surface area contributed by atoms with E-state index in [4.69, 9.17) is 16.9 Å². The van der Waals surface area contributed by atoms with Crippen LogP contribution in [-0.2, 0) is 0 Å². The Morgan fingerprint density at radius 3 is 2.61 bits per heavy atom. The third-order valence-corrected chi connectivity index (χ3v) is 4.79. The Hall–Kier alpha value is -4.40. The van der Waals surface area contributed by atoms with Crippen LogP contribution in [0.1, 0.15) is 19.4 Å². The third kappa shape index (κ3) is 6.07. The lowest BCUT2D eigenvalue weighted by Crippen LogP contribution is -2.15. The molecule has 0 atom stereocenters. The molecular formula is C24H29N9. The first kappa shape index (κ1) is 23.3.